The van der Waals surface area contributed by atoms with E-state index in [0.717, 1.165) is 12.3 Å². The summed E-state index contributed by atoms with van der Waals surface area (Å²) in [7, 11) is 0. The Bertz CT molecular complexity index is 284. The third kappa shape index (κ3) is 3.80. The molecule has 80 valence electrons. The minimum atomic E-state index is 0.294. The third-order valence-corrected chi connectivity index (χ3v) is 3.14. The third-order valence-electron chi connectivity index (χ3n) is 1.60. The minimum Gasteiger partial charge on any atom is -0.381 e. The molecule has 0 atom stereocenters. The van der Waals surface area contributed by atoms with Crippen molar-refractivity contribution in [2.75, 3.05) is 11.5 Å². The highest BCUT2D eigenvalue weighted by molar-refractivity contribution is 8.00. The smallest absolute Gasteiger partial charge is 0.164 e. The van der Waals surface area contributed by atoms with Gasteiger partial charge in [0.05, 0.1) is 6.54 Å². The molecule has 2 N–H and O–H groups in total. The molecule has 0 bridgehead atoms. The van der Waals surface area contributed by atoms with E-state index in [1.165, 1.54) is 0 Å². The van der Waals surface area contributed by atoms with Crippen molar-refractivity contribution in [2.45, 2.75) is 32.1 Å². The molecule has 0 aromatic carbocycles. The first-order valence-electron chi connectivity index (χ1n) is 4.51. The van der Waals surface area contributed by atoms with Gasteiger partial charge < -0.3 is 5.73 Å². The molecule has 3 nitrogen and oxygen atoms in total. The van der Waals surface area contributed by atoms with E-state index in [1.54, 1.807) is 10.9 Å². The van der Waals surface area contributed by atoms with Crippen LogP contribution in [0.25, 0.3) is 0 Å². The Morgan fingerprint density at radius 2 is 2.21 bits per heavy atom. The number of anilines is 1. The molecule has 1 heterocycles. The summed E-state index contributed by atoms with van der Waals surface area (Å²) in [6.45, 7) is 7.44. The first kappa shape index (κ1) is 11.7. The predicted octanol–water partition coefficient (Wildman–Crippen LogP) is 2.65. The van der Waals surface area contributed by atoms with E-state index in [2.05, 4.69) is 25.9 Å². The van der Waals surface area contributed by atoms with Gasteiger partial charge in [-0.3, -0.25) is 4.68 Å². The highest BCUT2D eigenvalue weighted by Gasteiger charge is 2.10. The van der Waals surface area contributed by atoms with Gasteiger partial charge in [0.1, 0.15) is 5.02 Å². The van der Waals surface area contributed by atoms with Gasteiger partial charge in [-0.25, -0.2) is 0 Å². The maximum absolute atomic E-state index is 5.78. The van der Waals surface area contributed by atoms with Crippen molar-refractivity contribution in [2.24, 2.45) is 0 Å². The topological polar surface area (TPSA) is 43.8 Å². The van der Waals surface area contributed by atoms with Crippen LogP contribution in [0.4, 0.5) is 5.82 Å². The Morgan fingerprint density at radius 1 is 1.57 bits per heavy atom. The van der Waals surface area contributed by atoms with Crippen LogP contribution in [0.15, 0.2) is 6.20 Å². The van der Waals surface area contributed by atoms with Crippen molar-refractivity contribution in [3.8, 4) is 0 Å². The largest absolute Gasteiger partial charge is 0.381 e. The Balaban J connectivity index is 2.39. The monoisotopic (exact) mass is 233 g/mol. The van der Waals surface area contributed by atoms with E-state index in [0.29, 0.717) is 15.6 Å². The number of aryl methyl sites for hydroxylation is 1. The van der Waals surface area contributed by atoms with Gasteiger partial charge in [-0.05, 0) is 0 Å². The minimum absolute atomic E-state index is 0.294. The second-order valence-electron chi connectivity index (χ2n) is 4.09. The van der Waals surface area contributed by atoms with Crippen LogP contribution >= 0.6 is 23.4 Å². The molecule has 14 heavy (non-hydrogen) atoms. The fourth-order valence-electron chi connectivity index (χ4n) is 0.972. The Kier molecular flexibility index (Phi) is 3.72. The van der Waals surface area contributed by atoms with Crippen molar-refractivity contribution in [1.29, 1.82) is 0 Å². The van der Waals surface area contributed by atoms with E-state index >= 15 is 0 Å². The lowest BCUT2D eigenvalue weighted by molar-refractivity contribution is 0.665. The van der Waals surface area contributed by atoms with E-state index in [-0.39, 0.29) is 0 Å². The molecule has 0 radical (unpaired) electrons. The van der Waals surface area contributed by atoms with Gasteiger partial charge in [0.15, 0.2) is 5.82 Å². The fraction of sp³-hybridized carbons (Fsp3) is 0.667. The number of hydrogen-bond acceptors (Lipinski definition) is 3. The molecule has 1 aromatic heterocycles. The number of aromatic nitrogens is 2. The van der Waals surface area contributed by atoms with Gasteiger partial charge in [-0.15, -0.1) is 0 Å². The molecular formula is C9H16ClN3S. The van der Waals surface area contributed by atoms with Crippen molar-refractivity contribution in [3.63, 3.8) is 0 Å². The number of thioether (sulfide) groups is 1. The first-order valence-corrected chi connectivity index (χ1v) is 5.87. The molecule has 0 unspecified atom stereocenters. The van der Waals surface area contributed by atoms with Crippen LogP contribution in [0.1, 0.15) is 20.8 Å². The number of hydrogen-bond donors (Lipinski definition) is 1. The molecule has 0 saturated heterocycles. The zero-order chi connectivity index (χ0) is 10.8. The van der Waals surface area contributed by atoms with Crippen molar-refractivity contribution < 1.29 is 0 Å². The van der Waals surface area contributed by atoms with E-state index in [9.17, 15) is 0 Å². The van der Waals surface area contributed by atoms with Gasteiger partial charge >= 0.3 is 0 Å². The average Bonchev–Trinajstić information content (AvgIpc) is 2.28. The zero-order valence-corrected chi connectivity index (χ0v) is 10.3. The van der Waals surface area contributed by atoms with E-state index in [4.69, 9.17) is 17.3 Å². The van der Waals surface area contributed by atoms with Crippen molar-refractivity contribution in [3.05, 3.63) is 11.2 Å². The SMILES string of the molecule is CC(C)(C)SCCn1cc(Cl)c(N)n1. The van der Waals surface area contributed by atoms with Crippen LogP contribution in [-0.4, -0.2) is 20.3 Å². The van der Waals surface area contributed by atoms with Crippen LogP contribution in [-0.2, 0) is 6.54 Å². The molecule has 0 aliphatic carbocycles. The summed E-state index contributed by atoms with van der Waals surface area (Å²) in [5.41, 5.74) is 5.53. The van der Waals surface area contributed by atoms with Gasteiger partial charge in [0, 0.05) is 16.7 Å². The second-order valence-corrected chi connectivity index (χ2v) is 6.42. The number of nitrogen functional groups attached to an aromatic ring is 1. The quantitative estimate of drug-likeness (QED) is 0.873. The summed E-state index contributed by atoms with van der Waals surface area (Å²) in [4.78, 5) is 0. The van der Waals surface area contributed by atoms with Crippen molar-refractivity contribution >= 4 is 29.2 Å². The van der Waals surface area contributed by atoms with Crippen LogP contribution < -0.4 is 5.73 Å². The highest BCUT2D eigenvalue weighted by atomic mass is 35.5. The average molecular weight is 234 g/mol. The van der Waals surface area contributed by atoms with Gasteiger partial charge in [0.25, 0.3) is 0 Å². The molecule has 0 spiro atoms. The lowest BCUT2D eigenvalue weighted by atomic mass is 10.3. The lowest BCUT2D eigenvalue weighted by Crippen LogP contribution is -2.11. The number of nitrogens with two attached hydrogens (primary N) is 1. The maximum Gasteiger partial charge on any atom is 0.164 e. The van der Waals surface area contributed by atoms with E-state index < -0.39 is 0 Å². The molecule has 1 aromatic rings. The molecule has 5 heteroatoms. The molecular weight excluding hydrogens is 218 g/mol. The fourth-order valence-corrected chi connectivity index (χ4v) is 2.01. The van der Waals surface area contributed by atoms with Crippen LogP contribution in [0.2, 0.25) is 5.02 Å². The number of nitrogens with zero attached hydrogens (tertiary/aromatic N) is 2. The van der Waals surface area contributed by atoms with Gasteiger partial charge in [-0.2, -0.15) is 16.9 Å². The molecule has 1 rings (SSSR count). The number of halogens is 1. The maximum atomic E-state index is 5.78. The molecule has 0 amide bonds. The summed E-state index contributed by atoms with van der Waals surface area (Å²) in [5.74, 6) is 1.42. The highest BCUT2D eigenvalue weighted by Crippen LogP contribution is 2.23. The normalized spacial score (nSPS) is 12.0. The first-order chi connectivity index (χ1) is 6.38. The van der Waals surface area contributed by atoms with Crippen LogP contribution in [0.3, 0.4) is 0 Å². The summed E-state index contributed by atoms with van der Waals surface area (Å²) < 4.78 is 2.08. The standard InChI is InChI=1S/C9H16ClN3S/c1-9(2,3)14-5-4-13-6-7(10)8(11)12-13/h6H,4-5H2,1-3H3,(H2,11,12). The van der Waals surface area contributed by atoms with Crippen LogP contribution in [0.5, 0.6) is 0 Å². The Hall–Kier alpha value is -0.350. The molecule has 0 fully saturated rings. The Morgan fingerprint density at radius 3 is 2.64 bits per heavy atom. The van der Waals surface area contributed by atoms with Crippen LogP contribution in [0, 0.1) is 0 Å². The summed E-state index contributed by atoms with van der Waals surface area (Å²) in [6.07, 6.45) is 1.76. The molecule has 0 aliphatic rings. The van der Waals surface area contributed by atoms with Gasteiger partial charge in [-0.1, -0.05) is 32.4 Å². The van der Waals surface area contributed by atoms with Crippen molar-refractivity contribution in [1.82, 2.24) is 9.78 Å². The Labute approximate surface area is 94.0 Å². The van der Waals surface area contributed by atoms with Gasteiger partial charge in [0.2, 0.25) is 0 Å². The molecule has 0 saturated carbocycles. The molecule has 0 aliphatic heterocycles. The van der Waals surface area contributed by atoms with E-state index in [1.807, 2.05) is 11.8 Å². The summed E-state index contributed by atoms with van der Waals surface area (Å²) in [5, 5.41) is 4.61. The predicted molar refractivity (Wildman–Crippen MR) is 63.9 cm³/mol. The number of rotatable bonds is 3. The zero-order valence-electron chi connectivity index (χ0n) is 8.75. The summed E-state index contributed by atoms with van der Waals surface area (Å²) >= 11 is 7.68. The lowest BCUT2D eigenvalue weighted by Gasteiger charge is -2.17. The summed E-state index contributed by atoms with van der Waals surface area (Å²) in [6, 6.07) is 0. The second kappa shape index (κ2) is 4.45.